The van der Waals surface area contributed by atoms with Crippen LogP contribution in [0.1, 0.15) is 11.1 Å². The maximum atomic E-state index is 12.7. The average Bonchev–Trinajstić information content (AvgIpc) is 2.45. The standard InChI is InChI=1S/C13H13F3N2O2/c14-13(15,16)12-2-1-10(5-9(12)6-17)18-3-4-20-8-11(18)7-19/h1-2,5,11,19H,3-4,7-8H2. The van der Waals surface area contributed by atoms with Crippen LogP contribution in [0.15, 0.2) is 18.2 Å². The Hall–Kier alpha value is -1.78. The lowest BCUT2D eigenvalue weighted by molar-refractivity contribution is -0.137. The van der Waals surface area contributed by atoms with Gasteiger partial charge in [0.25, 0.3) is 0 Å². The molecule has 1 heterocycles. The number of hydrogen-bond acceptors (Lipinski definition) is 4. The minimum absolute atomic E-state index is 0.164. The van der Waals surface area contributed by atoms with Crippen molar-refractivity contribution in [2.45, 2.75) is 12.2 Å². The monoisotopic (exact) mass is 286 g/mol. The van der Waals surface area contributed by atoms with Crippen molar-refractivity contribution in [1.29, 1.82) is 5.26 Å². The summed E-state index contributed by atoms with van der Waals surface area (Å²) in [6, 6.07) is 4.68. The van der Waals surface area contributed by atoms with Gasteiger partial charge in [-0.3, -0.25) is 0 Å². The highest BCUT2D eigenvalue weighted by Crippen LogP contribution is 2.34. The van der Waals surface area contributed by atoms with E-state index in [-0.39, 0.29) is 12.6 Å². The molecular formula is C13H13F3N2O2. The molecule has 108 valence electrons. The third-order valence-electron chi connectivity index (χ3n) is 3.20. The molecule has 0 aliphatic carbocycles. The van der Waals surface area contributed by atoms with Crippen LogP contribution in [-0.4, -0.2) is 37.5 Å². The highest BCUT2D eigenvalue weighted by Gasteiger charge is 2.34. The van der Waals surface area contributed by atoms with E-state index in [2.05, 4.69) is 0 Å². The zero-order valence-corrected chi connectivity index (χ0v) is 10.5. The number of hydrogen-bond donors (Lipinski definition) is 1. The average molecular weight is 286 g/mol. The van der Waals surface area contributed by atoms with Crippen molar-refractivity contribution < 1.29 is 23.0 Å². The topological polar surface area (TPSA) is 56.5 Å². The molecule has 1 unspecified atom stereocenters. The Balaban J connectivity index is 2.37. The molecular weight excluding hydrogens is 273 g/mol. The molecule has 7 heteroatoms. The summed E-state index contributed by atoms with van der Waals surface area (Å²) >= 11 is 0. The fraction of sp³-hybridized carbons (Fsp3) is 0.462. The molecule has 0 amide bonds. The van der Waals surface area contributed by atoms with E-state index in [1.54, 1.807) is 11.0 Å². The molecule has 4 nitrogen and oxygen atoms in total. The van der Waals surface area contributed by atoms with Gasteiger partial charge in [0.1, 0.15) is 0 Å². The second-order valence-corrected chi connectivity index (χ2v) is 4.44. The summed E-state index contributed by atoms with van der Waals surface area (Å²) in [5, 5.41) is 18.2. The van der Waals surface area contributed by atoms with Gasteiger partial charge in [0, 0.05) is 12.2 Å². The number of anilines is 1. The fourth-order valence-electron chi connectivity index (χ4n) is 2.20. The first-order valence-corrected chi connectivity index (χ1v) is 6.04. The smallest absolute Gasteiger partial charge is 0.394 e. The minimum Gasteiger partial charge on any atom is -0.394 e. The first kappa shape index (κ1) is 14.6. The molecule has 0 saturated carbocycles. The Morgan fingerprint density at radius 2 is 2.20 bits per heavy atom. The normalized spacial score (nSPS) is 19.8. The molecule has 1 aromatic carbocycles. The lowest BCUT2D eigenvalue weighted by Crippen LogP contribution is -2.47. The van der Waals surface area contributed by atoms with E-state index in [4.69, 9.17) is 10.00 Å². The van der Waals surface area contributed by atoms with Gasteiger partial charge >= 0.3 is 6.18 Å². The van der Waals surface area contributed by atoms with Crippen LogP contribution in [0, 0.1) is 11.3 Å². The fourth-order valence-corrected chi connectivity index (χ4v) is 2.20. The number of nitriles is 1. The van der Waals surface area contributed by atoms with Crippen LogP contribution in [-0.2, 0) is 10.9 Å². The second kappa shape index (κ2) is 5.69. The summed E-state index contributed by atoms with van der Waals surface area (Å²) < 4.78 is 43.4. The maximum Gasteiger partial charge on any atom is 0.417 e. The van der Waals surface area contributed by atoms with E-state index in [1.165, 1.54) is 12.1 Å². The zero-order valence-electron chi connectivity index (χ0n) is 10.5. The molecule has 1 N–H and O–H groups in total. The van der Waals surface area contributed by atoms with Crippen LogP contribution in [0.25, 0.3) is 0 Å². The van der Waals surface area contributed by atoms with Crippen molar-refractivity contribution in [2.24, 2.45) is 0 Å². The predicted octanol–water partition coefficient (Wildman–Crippen LogP) is 1.77. The molecule has 1 aromatic rings. The quantitative estimate of drug-likeness (QED) is 0.900. The minimum atomic E-state index is -4.55. The van der Waals surface area contributed by atoms with Crippen molar-refractivity contribution in [3.63, 3.8) is 0 Å². The van der Waals surface area contributed by atoms with Crippen LogP contribution in [0.4, 0.5) is 18.9 Å². The van der Waals surface area contributed by atoms with Crippen LogP contribution < -0.4 is 4.90 Å². The molecule has 0 bridgehead atoms. The Labute approximate surface area is 114 Å². The van der Waals surface area contributed by atoms with Gasteiger partial charge < -0.3 is 14.7 Å². The van der Waals surface area contributed by atoms with Gasteiger partial charge in [-0.1, -0.05) is 0 Å². The number of aliphatic hydroxyl groups excluding tert-OH is 1. The van der Waals surface area contributed by atoms with Crippen molar-refractivity contribution in [2.75, 3.05) is 31.3 Å². The van der Waals surface area contributed by atoms with E-state index < -0.39 is 17.3 Å². The molecule has 0 aromatic heterocycles. The van der Waals surface area contributed by atoms with Gasteiger partial charge in [0.15, 0.2) is 0 Å². The molecule has 1 aliphatic rings. The molecule has 2 rings (SSSR count). The molecule has 1 aliphatic heterocycles. The maximum absolute atomic E-state index is 12.7. The lowest BCUT2D eigenvalue weighted by atomic mass is 10.1. The number of halogens is 3. The van der Waals surface area contributed by atoms with Gasteiger partial charge in [-0.2, -0.15) is 18.4 Å². The number of aliphatic hydroxyl groups is 1. The number of ether oxygens (including phenoxy) is 1. The summed E-state index contributed by atoms with van der Waals surface area (Å²) in [7, 11) is 0. The van der Waals surface area contributed by atoms with Crippen molar-refractivity contribution >= 4 is 5.69 Å². The van der Waals surface area contributed by atoms with Crippen LogP contribution in [0.5, 0.6) is 0 Å². The molecule has 1 fully saturated rings. The first-order valence-electron chi connectivity index (χ1n) is 6.04. The molecule has 0 radical (unpaired) electrons. The van der Waals surface area contributed by atoms with Crippen molar-refractivity contribution in [3.05, 3.63) is 29.3 Å². The SMILES string of the molecule is N#Cc1cc(N2CCOCC2CO)ccc1C(F)(F)F. The van der Waals surface area contributed by atoms with Crippen LogP contribution in [0.2, 0.25) is 0 Å². The highest BCUT2D eigenvalue weighted by molar-refractivity contribution is 5.56. The summed E-state index contributed by atoms with van der Waals surface area (Å²) in [5.74, 6) is 0. The summed E-state index contributed by atoms with van der Waals surface area (Å²) in [4.78, 5) is 1.75. The predicted molar refractivity (Wildman–Crippen MR) is 65.2 cm³/mol. The van der Waals surface area contributed by atoms with E-state index in [1.807, 2.05) is 0 Å². The Bertz CT molecular complexity index is 525. The van der Waals surface area contributed by atoms with Gasteiger partial charge in [-0.25, -0.2) is 0 Å². The van der Waals surface area contributed by atoms with E-state index >= 15 is 0 Å². The van der Waals surface area contributed by atoms with Crippen molar-refractivity contribution in [3.8, 4) is 6.07 Å². The van der Waals surface area contributed by atoms with Gasteiger partial charge in [-0.05, 0) is 18.2 Å². The molecule has 1 saturated heterocycles. The Morgan fingerprint density at radius 3 is 2.80 bits per heavy atom. The largest absolute Gasteiger partial charge is 0.417 e. The number of morpholine rings is 1. The Kier molecular flexibility index (Phi) is 4.16. The number of benzene rings is 1. The number of rotatable bonds is 2. The Morgan fingerprint density at radius 1 is 1.45 bits per heavy atom. The summed E-state index contributed by atoms with van der Waals surface area (Å²) in [6.45, 7) is 1.03. The molecule has 20 heavy (non-hydrogen) atoms. The second-order valence-electron chi connectivity index (χ2n) is 4.44. The molecule has 0 spiro atoms. The third kappa shape index (κ3) is 2.86. The van der Waals surface area contributed by atoms with Crippen LogP contribution in [0.3, 0.4) is 0 Å². The van der Waals surface area contributed by atoms with Gasteiger partial charge in [0.2, 0.25) is 0 Å². The zero-order chi connectivity index (χ0) is 14.8. The molecule has 1 atom stereocenters. The summed E-state index contributed by atoms with van der Waals surface area (Å²) in [5.41, 5.74) is -0.882. The van der Waals surface area contributed by atoms with E-state index in [9.17, 15) is 18.3 Å². The number of alkyl halides is 3. The summed E-state index contributed by atoms with van der Waals surface area (Å²) in [6.07, 6.45) is -4.55. The van der Waals surface area contributed by atoms with Gasteiger partial charge in [0.05, 0.1) is 43.1 Å². The van der Waals surface area contributed by atoms with E-state index in [0.29, 0.717) is 25.4 Å². The lowest BCUT2D eigenvalue weighted by Gasteiger charge is -2.36. The number of nitrogens with zero attached hydrogens (tertiary/aromatic N) is 2. The highest BCUT2D eigenvalue weighted by atomic mass is 19.4. The third-order valence-corrected chi connectivity index (χ3v) is 3.20. The van der Waals surface area contributed by atoms with E-state index in [0.717, 1.165) is 6.07 Å². The van der Waals surface area contributed by atoms with Crippen molar-refractivity contribution in [1.82, 2.24) is 0 Å². The van der Waals surface area contributed by atoms with Gasteiger partial charge in [-0.15, -0.1) is 0 Å². The first-order chi connectivity index (χ1) is 9.47. The van der Waals surface area contributed by atoms with Crippen LogP contribution >= 0.6 is 0 Å².